The molecular formula is C17H25NO3. The van der Waals surface area contributed by atoms with Gasteiger partial charge in [0, 0.05) is 24.6 Å². The van der Waals surface area contributed by atoms with Crippen LogP contribution in [-0.2, 0) is 11.3 Å². The Morgan fingerprint density at radius 1 is 1.43 bits per heavy atom. The third-order valence-corrected chi connectivity index (χ3v) is 4.49. The molecule has 0 unspecified atom stereocenters. The van der Waals surface area contributed by atoms with E-state index >= 15 is 0 Å². The number of rotatable bonds is 5. The molecule has 4 heteroatoms. The first-order chi connectivity index (χ1) is 10.1. The number of carbonyl (C=O) groups excluding carboxylic acids is 1. The van der Waals surface area contributed by atoms with Gasteiger partial charge in [-0.25, -0.2) is 0 Å². The van der Waals surface area contributed by atoms with Gasteiger partial charge in [-0.1, -0.05) is 38.0 Å². The molecule has 1 saturated carbocycles. The van der Waals surface area contributed by atoms with Crippen molar-refractivity contribution in [3.05, 3.63) is 35.4 Å². The van der Waals surface area contributed by atoms with Crippen molar-refractivity contribution in [2.75, 3.05) is 13.7 Å². The number of benzene rings is 1. The van der Waals surface area contributed by atoms with Crippen LogP contribution >= 0.6 is 0 Å². The van der Waals surface area contributed by atoms with Gasteiger partial charge in [-0.3, -0.25) is 4.79 Å². The third-order valence-electron chi connectivity index (χ3n) is 4.49. The zero-order chi connectivity index (χ0) is 15.3. The first-order valence-electron chi connectivity index (χ1n) is 7.60. The van der Waals surface area contributed by atoms with Crippen molar-refractivity contribution >= 4 is 5.91 Å². The summed E-state index contributed by atoms with van der Waals surface area (Å²) in [6, 6.07) is 7.46. The lowest BCUT2D eigenvalue weighted by Crippen LogP contribution is -2.45. The second kappa shape index (κ2) is 7.05. The van der Waals surface area contributed by atoms with Crippen molar-refractivity contribution < 1.29 is 14.6 Å². The molecule has 0 radical (unpaired) electrons. The van der Waals surface area contributed by atoms with Crippen LogP contribution in [0.2, 0.25) is 0 Å². The van der Waals surface area contributed by atoms with Gasteiger partial charge < -0.3 is 15.2 Å². The smallest absolute Gasteiger partial charge is 0.251 e. The normalized spacial score (nSPS) is 25.6. The molecule has 1 aromatic rings. The molecule has 2 rings (SSSR count). The summed E-state index contributed by atoms with van der Waals surface area (Å²) in [6.45, 7) is 2.98. The van der Waals surface area contributed by atoms with E-state index in [0.717, 1.165) is 31.2 Å². The highest BCUT2D eigenvalue weighted by atomic mass is 16.5. The summed E-state index contributed by atoms with van der Waals surface area (Å²) in [6.07, 6.45) is 3.63. The molecule has 0 spiro atoms. The molecule has 4 nitrogen and oxygen atoms in total. The summed E-state index contributed by atoms with van der Waals surface area (Å²) in [5.41, 5.74) is 1.31. The van der Waals surface area contributed by atoms with Gasteiger partial charge in [0.25, 0.3) is 5.91 Å². The van der Waals surface area contributed by atoms with Crippen LogP contribution < -0.4 is 5.32 Å². The van der Waals surface area contributed by atoms with Crippen LogP contribution in [0.1, 0.15) is 48.5 Å². The predicted octanol–water partition coefficient (Wildman–Crippen LogP) is 2.50. The topological polar surface area (TPSA) is 58.6 Å². The molecule has 0 bridgehead atoms. The van der Waals surface area contributed by atoms with E-state index in [2.05, 4.69) is 12.2 Å². The molecule has 0 saturated heterocycles. The lowest BCUT2D eigenvalue weighted by molar-refractivity contribution is 0.00189. The van der Waals surface area contributed by atoms with Crippen LogP contribution in [0.5, 0.6) is 0 Å². The van der Waals surface area contributed by atoms with Gasteiger partial charge in [0.2, 0.25) is 0 Å². The minimum absolute atomic E-state index is 0.0957. The minimum Gasteiger partial charge on any atom is -0.392 e. The van der Waals surface area contributed by atoms with Crippen LogP contribution in [0.15, 0.2) is 24.3 Å². The molecule has 0 heterocycles. The van der Waals surface area contributed by atoms with Gasteiger partial charge in [0.15, 0.2) is 0 Å². The summed E-state index contributed by atoms with van der Waals surface area (Å²) >= 11 is 0. The van der Waals surface area contributed by atoms with Gasteiger partial charge in [0.05, 0.1) is 12.7 Å². The lowest BCUT2D eigenvalue weighted by Gasteiger charge is -2.38. The van der Waals surface area contributed by atoms with Crippen molar-refractivity contribution in [3.63, 3.8) is 0 Å². The second-order valence-electron chi connectivity index (χ2n) is 6.19. The molecule has 2 atom stereocenters. The van der Waals surface area contributed by atoms with E-state index in [1.54, 1.807) is 7.11 Å². The van der Waals surface area contributed by atoms with Crippen molar-refractivity contribution in [2.24, 2.45) is 5.41 Å². The summed E-state index contributed by atoms with van der Waals surface area (Å²) in [5.74, 6) is -0.0957. The zero-order valence-corrected chi connectivity index (χ0v) is 12.9. The lowest BCUT2D eigenvalue weighted by atomic mass is 9.73. The number of hydrogen-bond acceptors (Lipinski definition) is 3. The number of amides is 1. The highest BCUT2D eigenvalue weighted by Crippen LogP contribution is 2.35. The molecule has 1 fully saturated rings. The molecule has 21 heavy (non-hydrogen) atoms. The van der Waals surface area contributed by atoms with Crippen LogP contribution in [0.25, 0.3) is 0 Å². The number of carbonyl (C=O) groups is 1. The monoisotopic (exact) mass is 291 g/mol. The first-order valence-corrected chi connectivity index (χ1v) is 7.60. The number of aliphatic hydroxyl groups excluding tert-OH is 1. The Hall–Kier alpha value is -1.39. The fourth-order valence-corrected chi connectivity index (χ4v) is 2.99. The fourth-order valence-electron chi connectivity index (χ4n) is 2.99. The van der Waals surface area contributed by atoms with E-state index < -0.39 is 0 Å². The largest absolute Gasteiger partial charge is 0.392 e. The standard InChI is InChI=1S/C17H25NO3/c1-17(10-6-5-9-15(17)19)12-18-16(20)14-8-4-3-7-13(14)11-21-2/h3-4,7-8,15,19H,5-6,9-12H2,1-2H3,(H,18,20)/t15-,17-/m0/s1. The summed E-state index contributed by atoms with van der Waals surface area (Å²) in [4.78, 5) is 12.4. The maximum Gasteiger partial charge on any atom is 0.251 e. The molecule has 116 valence electrons. The van der Waals surface area contributed by atoms with Gasteiger partial charge in [-0.2, -0.15) is 0 Å². The summed E-state index contributed by atoms with van der Waals surface area (Å²) < 4.78 is 5.13. The Morgan fingerprint density at radius 3 is 2.90 bits per heavy atom. The van der Waals surface area contributed by atoms with Gasteiger partial charge in [0.1, 0.15) is 0 Å². The summed E-state index contributed by atoms with van der Waals surface area (Å²) in [5, 5.41) is 13.2. The van der Waals surface area contributed by atoms with Gasteiger partial charge in [-0.15, -0.1) is 0 Å². The molecule has 0 aliphatic heterocycles. The summed E-state index contributed by atoms with van der Waals surface area (Å²) in [7, 11) is 1.62. The number of methoxy groups -OCH3 is 1. The van der Waals surface area contributed by atoms with E-state index in [1.807, 2.05) is 24.3 Å². The molecular weight excluding hydrogens is 266 g/mol. The van der Waals surface area contributed by atoms with Gasteiger partial charge in [-0.05, 0) is 24.5 Å². The number of aliphatic hydroxyl groups is 1. The molecule has 1 amide bonds. The van der Waals surface area contributed by atoms with Crippen LogP contribution in [0, 0.1) is 5.41 Å². The maximum atomic E-state index is 12.4. The highest BCUT2D eigenvalue weighted by molar-refractivity contribution is 5.95. The van der Waals surface area contributed by atoms with Crippen molar-refractivity contribution in [1.29, 1.82) is 0 Å². The van der Waals surface area contributed by atoms with E-state index in [4.69, 9.17) is 4.74 Å². The van der Waals surface area contributed by atoms with Crippen LogP contribution in [-0.4, -0.2) is 30.8 Å². The van der Waals surface area contributed by atoms with E-state index in [1.165, 1.54) is 0 Å². The Labute approximate surface area is 126 Å². The Kier molecular flexibility index (Phi) is 5.37. The van der Waals surface area contributed by atoms with Crippen molar-refractivity contribution in [1.82, 2.24) is 5.32 Å². The van der Waals surface area contributed by atoms with E-state index in [-0.39, 0.29) is 17.4 Å². The van der Waals surface area contributed by atoms with E-state index in [0.29, 0.717) is 18.7 Å². The molecule has 2 N–H and O–H groups in total. The molecule has 1 aromatic carbocycles. The van der Waals surface area contributed by atoms with E-state index in [9.17, 15) is 9.90 Å². The third kappa shape index (κ3) is 3.83. The quantitative estimate of drug-likeness (QED) is 0.876. The van der Waals surface area contributed by atoms with Crippen LogP contribution in [0.4, 0.5) is 0 Å². The number of hydrogen-bond donors (Lipinski definition) is 2. The number of nitrogens with one attached hydrogen (secondary N) is 1. The Bertz CT molecular complexity index is 489. The highest BCUT2D eigenvalue weighted by Gasteiger charge is 2.35. The molecule has 1 aliphatic rings. The zero-order valence-electron chi connectivity index (χ0n) is 12.9. The van der Waals surface area contributed by atoms with Gasteiger partial charge >= 0.3 is 0 Å². The first kappa shape index (κ1) is 16.0. The minimum atomic E-state index is -0.333. The maximum absolute atomic E-state index is 12.4. The fraction of sp³-hybridized carbons (Fsp3) is 0.588. The average molecular weight is 291 g/mol. The molecule has 1 aliphatic carbocycles. The molecule has 0 aromatic heterocycles. The van der Waals surface area contributed by atoms with Crippen LogP contribution in [0.3, 0.4) is 0 Å². The Morgan fingerprint density at radius 2 is 2.19 bits per heavy atom. The predicted molar refractivity (Wildman–Crippen MR) is 82.1 cm³/mol. The van der Waals surface area contributed by atoms with Crippen molar-refractivity contribution in [3.8, 4) is 0 Å². The number of ether oxygens (including phenoxy) is 1. The SMILES string of the molecule is COCc1ccccc1C(=O)NC[C@]1(C)CCCC[C@@H]1O. The Balaban J connectivity index is 2.01. The van der Waals surface area contributed by atoms with Crippen molar-refractivity contribution in [2.45, 2.75) is 45.3 Å². The second-order valence-corrected chi connectivity index (χ2v) is 6.19. The average Bonchev–Trinajstić information content (AvgIpc) is 2.49.